The Morgan fingerprint density at radius 3 is 2.78 bits per heavy atom. The van der Waals surface area contributed by atoms with Crippen LogP contribution in [0.3, 0.4) is 0 Å². The first kappa shape index (κ1) is 12.0. The van der Waals surface area contributed by atoms with Crippen LogP contribution in [-0.2, 0) is 0 Å². The van der Waals surface area contributed by atoms with E-state index >= 15 is 0 Å². The topological polar surface area (TPSA) is 28.2 Å². The van der Waals surface area contributed by atoms with Crippen LogP contribution in [0.1, 0.15) is 37.8 Å². The number of hydrogen-bond acceptors (Lipinski definition) is 3. The monoisotopic (exact) mass is 245 g/mol. The van der Waals surface area contributed by atoms with E-state index in [4.69, 9.17) is 0 Å². The van der Waals surface area contributed by atoms with Crippen molar-refractivity contribution in [2.75, 3.05) is 24.5 Å². The van der Waals surface area contributed by atoms with E-state index in [9.17, 15) is 0 Å². The Kier molecular flexibility index (Phi) is 3.25. The van der Waals surface area contributed by atoms with Crippen molar-refractivity contribution in [3.63, 3.8) is 0 Å². The maximum Gasteiger partial charge on any atom is 0.0553 e. The van der Waals surface area contributed by atoms with Gasteiger partial charge in [-0.1, -0.05) is 12.8 Å². The quantitative estimate of drug-likeness (QED) is 0.824. The van der Waals surface area contributed by atoms with Gasteiger partial charge >= 0.3 is 0 Å². The standard InChI is InChI=1S/C15H23N3/c1-13-5-6-14(11-16-13)18-10-4-9-17-15(12-18)7-2-3-8-15/h5-6,11,17H,2-4,7-10,12H2,1H3. The Morgan fingerprint density at radius 1 is 1.22 bits per heavy atom. The van der Waals surface area contributed by atoms with Crippen molar-refractivity contribution in [2.24, 2.45) is 0 Å². The molecule has 1 saturated heterocycles. The third kappa shape index (κ3) is 2.37. The summed E-state index contributed by atoms with van der Waals surface area (Å²) in [5.74, 6) is 0. The summed E-state index contributed by atoms with van der Waals surface area (Å²) in [6, 6.07) is 4.34. The van der Waals surface area contributed by atoms with E-state index in [1.807, 2.05) is 13.1 Å². The van der Waals surface area contributed by atoms with Crippen LogP contribution in [0, 0.1) is 6.92 Å². The second-order valence-corrected chi connectivity index (χ2v) is 5.85. The van der Waals surface area contributed by atoms with Gasteiger partial charge in [-0.25, -0.2) is 0 Å². The molecule has 98 valence electrons. The highest BCUT2D eigenvalue weighted by molar-refractivity contribution is 5.45. The van der Waals surface area contributed by atoms with Gasteiger partial charge in [0.2, 0.25) is 0 Å². The highest BCUT2D eigenvalue weighted by atomic mass is 15.2. The number of pyridine rings is 1. The molecule has 1 saturated carbocycles. The van der Waals surface area contributed by atoms with E-state index in [-0.39, 0.29) is 0 Å². The van der Waals surface area contributed by atoms with Crippen LogP contribution in [-0.4, -0.2) is 30.2 Å². The second kappa shape index (κ2) is 4.88. The zero-order valence-corrected chi connectivity index (χ0v) is 11.3. The lowest BCUT2D eigenvalue weighted by Crippen LogP contribution is -2.49. The molecule has 18 heavy (non-hydrogen) atoms. The van der Waals surface area contributed by atoms with Gasteiger partial charge < -0.3 is 10.2 Å². The van der Waals surface area contributed by atoms with Gasteiger partial charge in [0.25, 0.3) is 0 Å². The molecule has 1 aliphatic heterocycles. The van der Waals surface area contributed by atoms with Gasteiger partial charge in [0, 0.05) is 24.3 Å². The normalized spacial score (nSPS) is 23.3. The minimum atomic E-state index is 0.376. The molecule has 3 nitrogen and oxygen atoms in total. The van der Waals surface area contributed by atoms with Crippen LogP contribution in [0.15, 0.2) is 18.3 Å². The summed E-state index contributed by atoms with van der Waals surface area (Å²) in [4.78, 5) is 6.96. The molecule has 0 radical (unpaired) electrons. The van der Waals surface area contributed by atoms with Crippen LogP contribution in [0.4, 0.5) is 5.69 Å². The maximum atomic E-state index is 4.44. The van der Waals surface area contributed by atoms with E-state index in [1.165, 1.54) is 37.8 Å². The van der Waals surface area contributed by atoms with Gasteiger partial charge in [0.15, 0.2) is 0 Å². The van der Waals surface area contributed by atoms with E-state index in [0.717, 1.165) is 25.3 Å². The second-order valence-electron chi connectivity index (χ2n) is 5.85. The van der Waals surface area contributed by atoms with Crippen molar-refractivity contribution >= 4 is 5.69 Å². The first-order valence-electron chi connectivity index (χ1n) is 7.20. The van der Waals surface area contributed by atoms with Gasteiger partial charge in [-0.15, -0.1) is 0 Å². The Morgan fingerprint density at radius 2 is 2.06 bits per heavy atom. The summed E-state index contributed by atoms with van der Waals surface area (Å²) in [7, 11) is 0. The number of nitrogens with zero attached hydrogens (tertiary/aromatic N) is 2. The minimum absolute atomic E-state index is 0.376. The smallest absolute Gasteiger partial charge is 0.0553 e. The first-order chi connectivity index (χ1) is 8.77. The first-order valence-corrected chi connectivity index (χ1v) is 7.20. The van der Waals surface area contributed by atoms with Crippen molar-refractivity contribution in [2.45, 2.75) is 44.6 Å². The zero-order valence-electron chi connectivity index (χ0n) is 11.3. The molecule has 0 atom stereocenters. The summed E-state index contributed by atoms with van der Waals surface area (Å²) in [5.41, 5.74) is 2.76. The average molecular weight is 245 g/mol. The van der Waals surface area contributed by atoms with Gasteiger partial charge in [-0.2, -0.15) is 0 Å². The third-order valence-corrected chi connectivity index (χ3v) is 4.42. The molecule has 1 N–H and O–H groups in total. The molecule has 2 aliphatic rings. The lowest BCUT2D eigenvalue weighted by atomic mass is 9.97. The van der Waals surface area contributed by atoms with Crippen LogP contribution < -0.4 is 10.2 Å². The molecule has 0 amide bonds. The van der Waals surface area contributed by atoms with Crippen LogP contribution in [0.2, 0.25) is 0 Å². The average Bonchev–Trinajstić information content (AvgIpc) is 2.72. The summed E-state index contributed by atoms with van der Waals surface area (Å²) >= 11 is 0. The molecule has 3 heteroatoms. The molecule has 2 heterocycles. The van der Waals surface area contributed by atoms with Crippen molar-refractivity contribution in [1.82, 2.24) is 10.3 Å². The summed E-state index contributed by atoms with van der Waals surface area (Å²) in [6.07, 6.45) is 8.70. The number of aromatic nitrogens is 1. The Labute approximate surface area is 110 Å². The molecule has 0 unspecified atom stereocenters. The van der Waals surface area contributed by atoms with E-state index < -0.39 is 0 Å². The van der Waals surface area contributed by atoms with Crippen molar-refractivity contribution in [3.8, 4) is 0 Å². The van der Waals surface area contributed by atoms with Gasteiger partial charge in [0.1, 0.15) is 0 Å². The number of aryl methyl sites for hydroxylation is 1. The van der Waals surface area contributed by atoms with E-state index in [2.05, 4.69) is 27.3 Å². The maximum absolute atomic E-state index is 4.44. The fraction of sp³-hybridized carbons (Fsp3) is 0.667. The van der Waals surface area contributed by atoms with Gasteiger partial charge in [-0.05, 0) is 44.9 Å². The molecular weight excluding hydrogens is 222 g/mol. The Bertz CT molecular complexity index is 393. The van der Waals surface area contributed by atoms with Crippen molar-refractivity contribution in [3.05, 3.63) is 24.0 Å². The lowest BCUT2D eigenvalue weighted by Gasteiger charge is -2.34. The van der Waals surface area contributed by atoms with E-state index in [1.54, 1.807) is 0 Å². The molecule has 3 rings (SSSR count). The molecule has 1 aromatic rings. The summed E-state index contributed by atoms with van der Waals surface area (Å²) < 4.78 is 0. The van der Waals surface area contributed by atoms with Gasteiger partial charge in [-0.3, -0.25) is 4.98 Å². The minimum Gasteiger partial charge on any atom is -0.368 e. The number of hydrogen-bond donors (Lipinski definition) is 1. The summed E-state index contributed by atoms with van der Waals surface area (Å²) in [5, 5.41) is 3.81. The highest BCUT2D eigenvalue weighted by Gasteiger charge is 2.36. The van der Waals surface area contributed by atoms with Crippen molar-refractivity contribution in [1.29, 1.82) is 0 Å². The molecule has 2 fully saturated rings. The number of rotatable bonds is 1. The molecule has 0 aromatic carbocycles. The largest absolute Gasteiger partial charge is 0.368 e. The number of nitrogens with one attached hydrogen (secondary N) is 1. The van der Waals surface area contributed by atoms with Gasteiger partial charge in [0.05, 0.1) is 11.9 Å². The predicted octanol–water partition coefficient (Wildman–Crippen LogP) is 2.50. The molecular formula is C15H23N3. The third-order valence-electron chi connectivity index (χ3n) is 4.42. The Hall–Kier alpha value is -1.09. The molecule has 0 bridgehead atoms. The van der Waals surface area contributed by atoms with Crippen molar-refractivity contribution < 1.29 is 0 Å². The van der Waals surface area contributed by atoms with Crippen LogP contribution >= 0.6 is 0 Å². The Balaban J connectivity index is 1.80. The number of anilines is 1. The van der Waals surface area contributed by atoms with Crippen LogP contribution in [0.5, 0.6) is 0 Å². The highest BCUT2D eigenvalue weighted by Crippen LogP contribution is 2.33. The van der Waals surface area contributed by atoms with E-state index in [0.29, 0.717) is 5.54 Å². The summed E-state index contributed by atoms with van der Waals surface area (Å²) in [6.45, 7) is 5.51. The molecule has 1 spiro atoms. The fourth-order valence-corrected chi connectivity index (χ4v) is 3.38. The zero-order chi connectivity index (χ0) is 12.4. The SMILES string of the molecule is Cc1ccc(N2CCCNC3(CCCC3)C2)cn1. The molecule has 1 aliphatic carbocycles. The lowest BCUT2D eigenvalue weighted by molar-refractivity contribution is 0.354. The predicted molar refractivity (Wildman–Crippen MR) is 75.0 cm³/mol. The van der Waals surface area contributed by atoms with Crippen LogP contribution in [0.25, 0.3) is 0 Å². The fourth-order valence-electron chi connectivity index (χ4n) is 3.38. The molecule has 1 aromatic heterocycles.